The molecule has 1 aromatic rings. The van der Waals surface area contributed by atoms with Gasteiger partial charge in [0.25, 0.3) is 0 Å². The summed E-state index contributed by atoms with van der Waals surface area (Å²) in [6.07, 6.45) is 2.16. The van der Waals surface area contributed by atoms with Crippen molar-refractivity contribution in [1.29, 1.82) is 0 Å². The number of hydrogen-bond acceptors (Lipinski definition) is 2. The molecule has 0 unspecified atom stereocenters. The second-order valence-electron chi connectivity index (χ2n) is 3.15. The Labute approximate surface area is 84.3 Å². The quantitative estimate of drug-likeness (QED) is 0.768. The van der Waals surface area contributed by atoms with Crippen molar-refractivity contribution in [2.45, 2.75) is 18.2 Å². The molecule has 0 fully saturated rings. The minimum atomic E-state index is -3.62. The molecule has 0 saturated heterocycles. The largest absolute Gasteiger partial charge is 0.238 e. The van der Waals surface area contributed by atoms with Crippen LogP contribution in [0.5, 0.6) is 0 Å². The zero-order valence-electron chi connectivity index (χ0n) is 8.03. The Hall–Kier alpha value is -1.13. The lowest BCUT2D eigenvalue weighted by Gasteiger charge is -2.06. The summed E-state index contributed by atoms with van der Waals surface area (Å²) in [6, 6.07) is 5.07. The van der Waals surface area contributed by atoms with E-state index in [1.165, 1.54) is 6.07 Å². The molecule has 0 aliphatic carbocycles. The summed E-state index contributed by atoms with van der Waals surface area (Å²) < 4.78 is 22.4. The van der Waals surface area contributed by atoms with E-state index < -0.39 is 10.0 Å². The number of allylic oxidation sites excluding steroid dienone is 1. The van der Waals surface area contributed by atoms with Crippen LogP contribution in [-0.2, 0) is 16.4 Å². The van der Waals surface area contributed by atoms with Crippen LogP contribution in [0.1, 0.15) is 11.1 Å². The topological polar surface area (TPSA) is 60.2 Å². The highest BCUT2D eigenvalue weighted by atomic mass is 32.2. The Balaban J connectivity index is 3.36. The van der Waals surface area contributed by atoms with Crippen LogP contribution >= 0.6 is 0 Å². The van der Waals surface area contributed by atoms with Gasteiger partial charge in [0.1, 0.15) is 0 Å². The summed E-state index contributed by atoms with van der Waals surface area (Å²) in [4.78, 5) is 0.183. The van der Waals surface area contributed by atoms with E-state index >= 15 is 0 Å². The zero-order valence-corrected chi connectivity index (χ0v) is 8.84. The van der Waals surface area contributed by atoms with Gasteiger partial charge in [-0.3, -0.25) is 0 Å². The molecule has 0 amide bonds. The molecule has 0 aliphatic heterocycles. The molecule has 1 aromatic carbocycles. The predicted octanol–water partition coefficient (Wildman–Crippen LogP) is 1.37. The van der Waals surface area contributed by atoms with Crippen molar-refractivity contribution in [3.05, 3.63) is 42.0 Å². The van der Waals surface area contributed by atoms with Crippen LogP contribution in [0, 0.1) is 6.92 Å². The fraction of sp³-hybridized carbons (Fsp3) is 0.200. The molecule has 0 aliphatic rings. The van der Waals surface area contributed by atoms with Gasteiger partial charge in [0, 0.05) is 0 Å². The Morgan fingerprint density at radius 3 is 2.64 bits per heavy atom. The average molecular weight is 211 g/mol. The number of aryl methyl sites for hydroxylation is 1. The molecule has 76 valence electrons. The van der Waals surface area contributed by atoms with E-state index in [2.05, 4.69) is 6.58 Å². The molecule has 0 heterocycles. The summed E-state index contributed by atoms with van der Waals surface area (Å²) >= 11 is 0. The molecule has 4 heteroatoms. The molecule has 3 nitrogen and oxygen atoms in total. The van der Waals surface area contributed by atoms with Gasteiger partial charge in [0.05, 0.1) is 4.90 Å². The zero-order chi connectivity index (χ0) is 10.8. The third kappa shape index (κ3) is 2.43. The van der Waals surface area contributed by atoms with Crippen molar-refractivity contribution in [3.63, 3.8) is 0 Å². The first kappa shape index (κ1) is 10.9. The van der Waals surface area contributed by atoms with Crippen LogP contribution < -0.4 is 5.14 Å². The third-order valence-electron chi connectivity index (χ3n) is 1.89. The molecule has 0 radical (unpaired) electrons. The van der Waals surface area contributed by atoms with Crippen LogP contribution in [0.4, 0.5) is 0 Å². The van der Waals surface area contributed by atoms with Crippen molar-refractivity contribution in [2.24, 2.45) is 5.14 Å². The van der Waals surface area contributed by atoms with Gasteiger partial charge in [-0.15, -0.1) is 6.58 Å². The molecule has 0 spiro atoms. The highest BCUT2D eigenvalue weighted by molar-refractivity contribution is 7.89. The SMILES string of the molecule is C=CCc1cc(C)ccc1S(N)(=O)=O. The van der Waals surface area contributed by atoms with Gasteiger partial charge in [0.15, 0.2) is 0 Å². The fourth-order valence-corrected chi connectivity index (χ4v) is 2.07. The molecular weight excluding hydrogens is 198 g/mol. The molecule has 14 heavy (non-hydrogen) atoms. The summed E-state index contributed by atoms with van der Waals surface area (Å²) in [5, 5.41) is 5.08. The van der Waals surface area contributed by atoms with Crippen LogP contribution in [-0.4, -0.2) is 8.42 Å². The number of benzene rings is 1. The van der Waals surface area contributed by atoms with Gasteiger partial charge in [-0.05, 0) is 25.0 Å². The first-order valence-electron chi connectivity index (χ1n) is 4.18. The second kappa shape index (κ2) is 3.94. The third-order valence-corrected chi connectivity index (χ3v) is 2.90. The number of rotatable bonds is 3. The highest BCUT2D eigenvalue weighted by Gasteiger charge is 2.12. The van der Waals surface area contributed by atoms with E-state index in [0.717, 1.165) is 5.56 Å². The van der Waals surface area contributed by atoms with Crippen molar-refractivity contribution < 1.29 is 8.42 Å². The minimum Gasteiger partial charge on any atom is -0.225 e. The highest BCUT2D eigenvalue weighted by Crippen LogP contribution is 2.16. The lowest BCUT2D eigenvalue weighted by Crippen LogP contribution is -2.14. The van der Waals surface area contributed by atoms with E-state index in [4.69, 9.17) is 5.14 Å². The van der Waals surface area contributed by atoms with Gasteiger partial charge in [-0.25, -0.2) is 13.6 Å². The van der Waals surface area contributed by atoms with E-state index in [9.17, 15) is 8.42 Å². The van der Waals surface area contributed by atoms with Gasteiger partial charge >= 0.3 is 0 Å². The monoisotopic (exact) mass is 211 g/mol. The number of hydrogen-bond donors (Lipinski definition) is 1. The molecule has 0 aromatic heterocycles. The first-order valence-corrected chi connectivity index (χ1v) is 5.73. The van der Waals surface area contributed by atoms with Crippen molar-refractivity contribution in [2.75, 3.05) is 0 Å². The smallest absolute Gasteiger partial charge is 0.225 e. The number of sulfonamides is 1. The summed E-state index contributed by atoms with van der Waals surface area (Å²) in [7, 11) is -3.62. The van der Waals surface area contributed by atoms with Crippen LogP contribution in [0.3, 0.4) is 0 Å². The lowest BCUT2D eigenvalue weighted by atomic mass is 10.1. The standard InChI is InChI=1S/C10H13NO2S/c1-3-4-9-7-8(2)5-6-10(9)14(11,12)13/h3,5-7H,1,4H2,2H3,(H2,11,12,13). The molecule has 0 bridgehead atoms. The van der Waals surface area contributed by atoms with Crippen molar-refractivity contribution >= 4 is 10.0 Å². The molecule has 1 rings (SSSR count). The van der Waals surface area contributed by atoms with E-state index in [1.807, 2.05) is 6.92 Å². The summed E-state index contributed by atoms with van der Waals surface area (Å²) in [5.74, 6) is 0. The first-order chi connectivity index (χ1) is 6.45. The van der Waals surface area contributed by atoms with E-state index in [0.29, 0.717) is 12.0 Å². The normalized spacial score (nSPS) is 11.3. The molecule has 2 N–H and O–H groups in total. The molecule has 0 atom stereocenters. The van der Waals surface area contributed by atoms with E-state index in [1.54, 1.807) is 18.2 Å². The second-order valence-corrected chi connectivity index (χ2v) is 4.68. The van der Waals surface area contributed by atoms with Crippen LogP contribution in [0.15, 0.2) is 35.7 Å². The Morgan fingerprint density at radius 1 is 1.50 bits per heavy atom. The van der Waals surface area contributed by atoms with Gasteiger partial charge in [-0.1, -0.05) is 23.8 Å². The van der Waals surface area contributed by atoms with Crippen LogP contribution in [0.2, 0.25) is 0 Å². The maximum Gasteiger partial charge on any atom is 0.238 e. The maximum absolute atomic E-state index is 11.2. The summed E-state index contributed by atoms with van der Waals surface area (Å²) in [6.45, 7) is 5.48. The summed E-state index contributed by atoms with van der Waals surface area (Å²) in [5.41, 5.74) is 1.71. The Bertz CT molecular complexity index is 449. The Morgan fingerprint density at radius 2 is 2.14 bits per heavy atom. The predicted molar refractivity (Wildman–Crippen MR) is 56.5 cm³/mol. The van der Waals surface area contributed by atoms with Gasteiger partial charge in [-0.2, -0.15) is 0 Å². The lowest BCUT2D eigenvalue weighted by molar-refractivity contribution is 0.597. The number of primary sulfonamides is 1. The maximum atomic E-state index is 11.2. The fourth-order valence-electron chi connectivity index (χ4n) is 1.30. The van der Waals surface area contributed by atoms with E-state index in [-0.39, 0.29) is 4.90 Å². The minimum absolute atomic E-state index is 0.183. The average Bonchev–Trinajstić information content (AvgIpc) is 2.02. The van der Waals surface area contributed by atoms with Crippen molar-refractivity contribution in [1.82, 2.24) is 0 Å². The van der Waals surface area contributed by atoms with Crippen molar-refractivity contribution in [3.8, 4) is 0 Å². The van der Waals surface area contributed by atoms with Gasteiger partial charge < -0.3 is 0 Å². The van der Waals surface area contributed by atoms with Crippen LogP contribution in [0.25, 0.3) is 0 Å². The number of nitrogens with two attached hydrogens (primary N) is 1. The molecular formula is C10H13NO2S. The van der Waals surface area contributed by atoms with Gasteiger partial charge in [0.2, 0.25) is 10.0 Å². The Kier molecular flexibility index (Phi) is 3.08. The molecule has 0 saturated carbocycles.